The molecule has 3 heterocycles. The number of amides is 1. The number of piperidine rings is 1. The first kappa shape index (κ1) is 16.5. The Labute approximate surface area is 148 Å². The van der Waals surface area contributed by atoms with Crippen LogP contribution in [0.25, 0.3) is 0 Å². The fourth-order valence-corrected chi connectivity index (χ4v) is 4.50. The van der Waals surface area contributed by atoms with Gasteiger partial charge in [0.05, 0.1) is 20.8 Å². The van der Waals surface area contributed by atoms with Crippen molar-refractivity contribution in [3.63, 3.8) is 0 Å². The van der Waals surface area contributed by atoms with Crippen LogP contribution < -0.4 is 9.47 Å². The molecule has 0 N–H and O–H groups in total. The molecule has 136 valence electrons. The molecule has 4 rings (SSSR count). The maximum absolute atomic E-state index is 12.1. The second-order valence-corrected chi connectivity index (χ2v) is 7.06. The highest BCUT2D eigenvalue weighted by Gasteiger charge is 2.38. The van der Waals surface area contributed by atoms with Gasteiger partial charge in [0, 0.05) is 31.7 Å². The van der Waals surface area contributed by atoms with Gasteiger partial charge in [-0.1, -0.05) is 0 Å². The van der Waals surface area contributed by atoms with E-state index in [4.69, 9.17) is 14.2 Å². The van der Waals surface area contributed by atoms with Crippen molar-refractivity contribution < 1.29 is 19.0 Å². The second-order valence-electron chi connectivity index (χ2n) is 7.06. The summed E-state index contributed by atoms with van der Waals surface area (Å²) in [7, 11) is 3.37. The average Bonchev–Trinajstić information content (AvgIpc) is 2.66. The summed E-state index contributed by atoms with van der Waals surface area (Å²) in [6.07, 6.45) is 3.87. The fraction of sp³-hybridized carbons (Fsp3) is 0.632. The zero-order valence-electron chi connectivity index (χ0n) is 15.0. The van der Waals surface area contributed by atoms with Crippen molar-refractivity contribution in [3.05, 3.63) is 23.3 Å². The molecule has 2 atom stereocenters. The zero-order chi connectivity index (χ0) is 17.4. The van der Waals surface area contributed by atoms with Gasteiger partial charge in [-0.2, -0.15) is 0 Å². The molecule has 0 spiro atoms. The Balaban J connectivity index is 1.55. The number of ether oxygens (including phenoxy) is 3. The van der Waals surface area contributed by atoms with Crippen molar-refractivity contribution in [1.82, 2.24) is 9.80 Å². The number of rotatable bonds is 3. The van der Waals surface area contributed by atoms with Crippen LogP contribution in [0.2, 0.25) is 0 Å². The largest absolute Gasteiger partial charge is 0.493 e. The molecular formula is C19H26N2O4. The van der Waals surface area contributed by atoms with Crippen LogP contribution in [0.15, 0.2) is 12.1 Å². The molecule has 0 bridgehead atoms. The lowest BCUT2D eigenvalue weighted by molar-refractivity contribution is 0.0178. The van der Waals surface area contributed by atoms with Crippen molar-refractivity contribution in [1.29, 1.82) is 0 Å². The highest BCUT2D eigenvalue weighted by Crippen LogP contribution is 2.42. The molecule has 2 saturated heterocycles. The molecule has 3 aliphatic heterocycles. The molecule has 1 unspecified atom stereocenters. The summed E-state index contributed by atoms with van der Waals surface area (Å²) in [6.45, 7) is 3.33. The topological polar surface area (TPSA) is 51.2 Å². The molecule has 3 aliphatic rings. The standard InChI is InChI=1S/C19H26N2O4/c1-23-17-10-13-6-8-20-12-14(21-7-3-9-25-19(21)22)4-5-16(20)15(13)11-18(17)24-2/h10-11,14,16H,3-9,12H2,1-2H3/t14-,16?/m1/s1. The Morgan fingerprint density at radius 1 is 1.12 bits per heavy atom. The third-order valence-corrected chi connectivity index (χ3v) is 5.78. The van der Waals surface area contributed by atoms with Gasteiger partial charge in [-0.3, -0.25) is 4.90 Å². The lowest BCUT2D eigenvalue weighted by Crippen LogP contribution is -2.54. The van der Waals surface area contributed by atoms with Gasteiger partial charge in [0.1, 0.15) is 0 Å². The van der Waals surface area contributed by atoms with E-state index in [0.29, 0.717) is 12.6 Å². The van der Waals surface area contributed by atoms with E-state index in [1.807, 2.05) is 4.90 Å². The quantitative estimate of drug-likeness (QED) is 0.842. The fourth-order valence-electron chi connectivity index (χ4n) is 4.50. The molecule has 0 saturated carbocycles. The molecule has 6 heteroatoms. The van der Waals surface area contributed by atoms with Crippen molar-refractivity contribution in [2.24, 2.45) is 0 Å². The summed E-state index contributed by atoms with van der Waals surface area (Å²) >= 11 is 0. The predicted molar refractivity (Wildman–Crippen MR) is 93.3 cm³/mol. The van der Waals surface area contributed by atoms with Gasteiger partial charge in [0.25, 0.3) is 0 Å². The zero-order valence-corrected chi connectivity index (χ0v) is 15.0. The van der Waals surface area contributed by atoms with Gasteiger partial charge in [-0.15, -0.1) is 0 Å². The third-order valence-electron chi connectivity index (χ3n) is 5.78. The lowest BCUT2D eigenvalue weighted by atomic mass is 9.85. The number of benzene rings is 1. The Morgan fingerprint density at radius 3 is 2.68 bits per heavy atom. The number of hydrogen-bond donors (Lipinski definition) is 0. The molecule has 6 nitrogen and oxygen atoms in total. The van der Waals surface area contributed by atoms with Crippen LogP contribution in [-0.2, 0) is 11.2 Å². The molecule has 1 aromatic rings. The number of carbonyl (C=O) groups excluding carboxylic acids is 1. The minimum atomic E-state index is -0.140. The first-order chi connectivity index (χ1) is 12.2. The normalized spacial score (nSPS) is 26.5. The summed E-state index contributed by atoms with van der Waals surface area (Å²) in [5.74, 6) is 1.60. The Kier molecular flexibility index (Phi) is 4.46. The maximum atomic E-state index is 12.1. The molecule has 2 fully saturated rings. The SMILES string of the molecule is COc1cc2c(cc1OC)C1CC[C@@H](N3CCCOC3=O)CN1CC2. The van der Waals surface area contributed by atoms with Crippen molar-refractivity contribution in [3.8, 4) is 11.5 Å². The first-order valence-corrected chi connectivity index (χ1v) is 9.13. The summed E-state index contributed by atoms with van der Waals surface area (Å²) in [5, 5.41) is 0. The van der Waals surface area contributed by atoms with E-state index >= 15 is 0 Å². The molecule has 0 aromatic heterocycles. The van der Waals surface area contributed by atoms with Crippen LogP contribution >= 0.6 is 0 Å². The smallest absolute Gasteiger partial charge is 0.410 e. The molecule has 1 amide bonds. The van der Waals surface area contributed by atoms with Crippen LogP contribution in [0.3, 0.4) is 0 Å². The van der Waals surface area contributed by atoms with E-state index in [1.54, 1.807) is 14.2 Å². The minimum absolute atomic E-state index is 0.140. The number of hydrogen-bond acceptors (Lipinski definition) is 5. The van der Waals surface area contributed by atoms with Gasteiger partial charge >= 0.3 is 6.09 Å². The van der Waals surface area contributed by atoms with Crippen molar-refractivity contribution >= 4 is 6.09 Å². The van der Waals surface area contributed by atoms with E-state index in [-0.39, 0.29) is 12.1 Å². The molecular weight excluding hydrogens is 320 g/mol. The van der Waals surface area contributed by atoms with E-state index in [2.05, 4.69) is 17.0 Å². The predicted octanol–water partition coefficient (Wildman–Crippen LogP) is 2.61. The van der Waals surface area contributed by atoms with Crippen molar-refractivity contribution in [2.75, 3.05) is 40.5 Å². The maximum Gasteiger partial charge on any atom is 0.410 e. The van der Waals surface area contributed by atoms with Crippen LogP contribution in [0.1, 0.15) is 36.4 Å². The first-order valence-electron chi connectivity index (χ1n) is 9.13. The van der Waals surface area contributed by atoms with E-state index in [0.717, 1.165) is 56.8 Å². The van der Waals surface area contributed by atoms with Gasteiger partial charge in [0.2, 0.25) is 0 Å². The lowest BCUT2D eigenvalue weighted by Gasteiger charge is -2.46. The van der Waals surface area contributed by atoms with Crippen LogP contribution in [0.4, 0.5) is 4.79 Å². The molecule has 0 aliphatic carbocycles. The van der Waals surface area contributed by atoms with Crippen LogP contribution in [-0.4, -0.2) is 62.4 Å². The Bertz CT molecular complexity index is 663. The van der Waals surface area contributed by atoms with Gasteiger partial charge in [0.15, 0.2) is 11.5 Å². The average molecular weight is 346 g/mol. The monoisotopic (exact) mass is 346 g/mol. The Morgan fingerprint density at radius 2 is 1.92 bits per heavy atom. The number of cyclic esters (lactones) is 1. The van der Waals surface area contributed by atoms with E-state index < -0.39 is 0 Å². The summed E-state index contributed by atoms with van der Waals surface area (Å²) in [6, 6.07) is 4.94. The number of carbonyl (C=O) groups is 1. The minimum Gasteiger partial charge on any atom is -0.493 e. The summed E-state index contributed by atoms with van der Waals surface area (Å²) in [4.78, 5) is 16.5. The number of nitrogens with zero attached hydrogens (tertiary/aromatic N) is 2. The van der Waals surface area contributed by atoms with Gasteiger partial charge < -0.3 is 19.1 Å². The third kappa shape index (κ3) is 2.92. The molecule has 0 radical (unpaired) electrons. The Hall–Kier alpha value is -1.95. The highest BCUT2D eigenvalue weighted by molar-refractivity contribution is 5.68. The van der Waals surface area contributed by atoms with E-state index in [9.17, 15) is 4.79 Å². The molecule has 25 heavy (non-hydrogen) atoms. The highest BCUT2D eigenvalue weighted by atomic mass is 16.6. The van der Waals surface area contributed by atoms with Crippen LogP contribution in [0, 0.1) is 0 Å². The van der Waals surface area contributed by atoms with Gasteiger partial charge in [-0.25, -0.2) is 4.79 Å². The summed E-state index contributed by atoms with van der Waals surface area (Å²) in [5.41, 5.74) is 2.71. The van der Waals surface area contributed by atoms with E-state index in [1.165, 1.54) is 11.1 Å². The number of fused-ring (bicyclic) bond motifs is 3. The van der Waals surface area contributed by atoms with Gasteiger partial charge in [-0.05, 0) is 48.9 Å². The molecule has 1 aromatic carbocycles. The summed E-state index contributed by atoms with van der Waals surface area (Å²) < 4.78 is 16.2. The number of methoxy groups -OCH3 is 2. The second kappa shape index (κ2) is 6.75. The van der Waals surface area contributed by atoms with Crippen LogP contribution in [0.5, 0.6) is 11.5 Å². The van der Waals surface area contributed by atoms with Crippen molar-refractivity contribution in [2.45, 2.75) is 37.8 Å².